The number of carbonyl (C=O) groups excluding carboxylic acids is 1. The lowest BCUT2D eigenvalue weighted by molar-refractivity contribution is -0.125. The first kappa shape index (κ1) is 26.1. The summed E-state index contributed by atoms with van der Waals surface area (Å²) < 4.78 is 5.33. The molecule has 0 bridgehead atoms. The molecule has 1 aliphatic heterocycles. The van der Waals surface area contributed by atoms with Crippen LogP contribution in [-0.4, -0.2) is 83.4 Å². The number of aliphatic hydroxyl groups is 1. The van der Waals surface area contributed by atoms with Crippen LogP contribution in [0.4, 0.5) is 5.69 Å². The van der Waals surface area contributed by atoms with Crippen LogP contribution < -0.4 is 10.1 Å². The van der Waals surface area contributed by atoms with Crippen LogP contribution in [0.5, 0.6) is 5.75 Å². The summed E-state index contributed by atoms with van der Waals surface area (Å²) in [5, 5.41) is 14.5. The number of pyridine rings is 1. The smallest absolute Gasteiger partial charge is 0.238 e. The summed E-state index contributed by atoms with van der Waals surface area (Å²) in [7, 11) is 5.93. The number of aromatic nitrogens is 1. The largest absolute Gasteiger partial charge is 0.493 e. The minimum atomic E-state index is -0.755. The lowest BCUT2D eigenvalue weighted by Crippen LogP contribution is -2.57. The van der Waals surface area contributed by atoms with E-state index in [-0.39, 0.29) is 23.5 Å². The first-order valence-electron chi connectivity index (χ1n) is 13.6. The Labute approximate surface area is 220 Å². The van der Waals surface area contributed by atoms with Crippen LogP contribution in [0.1, 0.15) is 50.5 Å². The van der Waals surface area contributed by atoms with Gasteiger partial charge in [-0.25, -0.2) is 0 Å². The lowest BCUT2D eigenvalue weighted by atomic mass is 9.68. The van der Waals surface area contributed by atoms with Crippen LogP contribution in [0.2, 0.25) is 0 Å². The molecule has 1 amide bonds. The molecule has 2 heterocycles. The van der Waals surface area contributed by atoms with E-state index in [0.717, 1.165) is 32.2 Å². The highest BCUT2D eigenvalue weighted by Gasteiger charge is 2.55. The number of anilines is 1. The molecule has 2 aliphatic carbocycles. The first-order valence-corrected chi connectivity index (χ1v) is 13.6. The van der Waals surface area contributed by atoms with Gasteiger partial charge in [-0.3, -0.25) is 24.5 Å². The topological polar surface area (TPSA) is 81.2 Å². The van der Waals surface area contributed by atoms with Gasteiger partial charge in [0.25, 0.3) is 0 Å². The second-order valence-electron chi connectivity index (χ2n) is 11.3. The van der Waals surface area contributed by atoms with E-state index >= 15 is 0 Å². The fraction of sp³-hybridized carbons (Fsp3) is 0.586. The summed E-state index contributed by atoms with van der Waals surface area (Å²) in [6.07, 6.45) is 10.2. The molecule has 3 aliphatic rings. The zero-order valence-electron chi connectivity index (χ0n) is 22.4. The Morgan fingerprint density at radius 3 is 2.51 bits per heavy atom. The molecule has 2 N–H and O–H groups in total. The van der Waals surface area contributed by atoms with Crippen LogP contribution in [-0.2, 0) is 10.3 Å². The van der Waals surface area contributed by atoms with Crippen molar-refractivity contribution < 1.29 is 14.6 Å². The number of aliphatic hydroxyl groups excluding tert-OH is 1. The molecule has 1 unspecified atom stereocenters. The van der Waals surface area contributed by atoms with Crippen molar-refractivity contribution >= 4 is 11.6 Å². The van der Waals surface area contributed by atoms with E-state index in [2.05, 4.69) is 64.5 Å². The number of hydrogen-bond acceptors (Lipinski definition) is 7. The Balaban J connectivity index is 1.34. The molecular weight excluding hydrogens is 466 g/mol. The molecule has 2 saturated carbocycles. The van der Waals surface area contributed by atoms with Crippen molar-refractivity contribution in [3.05, 3.63) is 54.4 Å². The number of carbonyl (C=O) groups is 1. The molecule has 1 aromatic heterocycles. The fourth-order valence-corrected chi connectivity index (χ4v) is 6.71. The second kappa shape index (κ2) is 10.7. The maximum atomic E-state index is 13.1. The average Bonchev–Trinajstić information content (AvgIpc) is 3.12. The van der Waals surface area contributed by atoms with Gasteiger partial charge in [0.2, 0.25) is 5.91 Å². The molecule has 37 heavy (non-hydrogen) atoms. The van der Waals surface area contributed by atoms with Gasteiger partial charge in [0.1, 0.15) is 0 Å². The van der Waals surface area contributed by atoms with Crippen LogP contribution in [0.15, 0.2) is 48.8 Å². The highest BCUT2D eigenvalue weighted by Crippen LogP contribution is 2.50. The molecule has 200 valence electrons. The van der Waals surface area contributed by atoms with Gasteiger partial charge in [-0.2, -0.15) is 0 Å². The van der Waals surface area contributed by atoms with Crippen LogP contribution in [0.25, 0.3) is 0 Å². The van der Waals surface area contributed by atoms with Gasteiger partial charge in [0, 0.05) is 30.4 Å². The SMILES string of the molecule is COc1cnccc1NC(=O)CN1C[C@]2(CC[C@](c3ccccc3)(N(C)C)CC2)N(CC2CCC2)C1O. The number of methoxy groups -OCH3 is 1. The molecule has 0 radical (unpaired) electrons. The quantitative estimate of drug-likeness (QED) is 0.566. The molecule has 1 aromatic carbocycles. The number of hydrogen-bond donors (Lipinski definition) is 2. The number of ether oxygens (including phenoxy) is 1. The van der Waals surface area contributed by atoms with Crippen LogP contribution >= 0.6 is 0 Å². The fourth-order valence-electron chi connectivity index (χ4n) is 6.71. The molecule has 8 heteroatoms. The zero-order valence-corrected chi connectivity index (χ0v) is 22.4. The summed E-state index contributed by atoms with van der Waals surface area (Å²) >= 11 is 0. The van der Waals surface area contributed by atoms with E-state index in [0.29, 0.717) is 23.9 Å². The van der Waals surface area contributed by atoms with Gasteiger partial charge in [-0.05, 0) is 70.2 Å². The Kier molecular flexibility index (Phi) is 7.54. The van der Waals surface area contributed by atoms with Crippen molar-refractivity contribution in [1.82, 2.24) is 19.7 Å². The number of nitrogens with one attached hydrogen (secondary N) is 1. The van der Waals surface area contributed by atoms with Crippen molar-refractivity contribution in [1.29, 1.82) is 0 Å². The third-order valence-corrected chi connectivity index (χ3v) is 9.19. The minimum Gasteiger partial charge on any atom is -0.493 e. The van der Waals surface area contributed by atoms with E-state index in [9.17, 15) is 9.90 Å². The predicted molar refractivity (Wildman–Crippen MR) is 144 cm³/mol. The first-order chi connectivity index (χ1) is 17.9. The van der Waals surface area contributed by atoms with Crippen molar-refractivity contribution in [2.24, 2.45) is 5.92 Å². The van der Waals surface area contributed by atoms with Crippen LogP contribution in [0, 0.1) is 5.92 Å². The summed E-state index contributed by atoms with van der Waals surface area (Å²) in [6.45, 7) is 1.73. The normalized spacial score (nSPS) is 28.9. The van der Waals surface area contributed by atoms with E-state index in [1.54, 1.807) is 25.6 Å². The third kappa shape index (κ3) is 5.00. The van der Waals surface area contributed by atoms with E-state index < -0.39 is 6.35 Å². The molecule has 1 saturated heterocycles. The van der Waals surface area contributed by atoms with Gasteiger partial charge in [-0.1, -0.05) is 36.8 Å². The van der Waals surface area contributed by atoms with Crippen molar-refractivity contribution in [2.45, 2.75) is 62.4 Å². The average molecular weight is 508 g/mol. The highest BCUT2D eigenvalue weighted by molar-refractivity contribution is 5.93. The van der Waals surface area contributed by atoms with E-state index in [1.165, 1.54) is 24.8 Å². The molecule has 1 spiro atoms. The zero-order chi connectivity index (χ0) is 26.0. The van der Waals surface area contributed by atoms with Gasteiger partial charge in [-0.15, -0.1) is 0 Å². The number of amides is 1. The summed E-state index contributed by atoms with van der Waals surface area (Å²) in [5.74, 6) is 0.997. The Morgan fingerprint density at radius 2 is 1.89 bits per heavy atom. The maximum Gasteiger partial charge on any atom is 0.238 e. The van der Waals surface area contributed by atoms with Crippen molar-refractivity contribution in [3.63, 3.8) is 0 Å². The second-order valence-corrected chi connectivity index (χ2v) is 11.3. The molecular formula is C29H41N5O3. The summed E-state index contributed by atoms with van der Waals surface area (Å²) in [6, 6.07) is 12.6. The molecule has 3 fully saturated rings. The standard InChI is InChI=1S/C29H41N5O3/c1-32(2)29(23-10-5-4-6-11-23)15-13-28(14-16-29)21-33(27(36)34(28)19-22-8-7-9-22)20-26(35)31-24-12-17-30-18-25(24)37-3/h4-6,10-12,17-18,22,27,36H,7-9,13-16,19-21H2,1-3H3,(H,30,31,35)/t27?,28-,29+. The monoisotopic (exact) mass is 507 g/mol. The van der Waals surface area contributed by atoms with Gasteiger partial charge in [0.05, 0.1) is 25.5 Å². The van der Waals surface area contributed by atoms with Crippen molar-refractivity contribution in [3.8, 4) is 5.75 Å². The lowest BCUT2D eigenvalue weighted by Gasteiger charge is -2.52. The minimum absolute atomic E-state index is 0.0116. The predicted octanol–water partition coefficient (Wildman–Crippen LogP) is 3.49. The van der Waals surface area contributed by atoms with Gasteiger partial charge >= 0.3 is 0 Å². The van der Waals surface area contributed by atoms with Crippen molar-refractivity contribution in [2.75, 3.05) is 46.2 Å². The molecule has 2 aromatic rings. The number of nitrogens with zero attached hydrogens (tertiary/aromatic N) is 4. The van der Waals surface area contributed by atoms with Gasteiger partial charge < -0.3 is 15.2 Å². The third-order valence-electron chi connectivity index (χ3n) is 9.19. The van der Waals surface area contributed by atoms with E-state index in [1.807, 2.05) is 4.90 Å². The summed E-state index contributed by atoms with van der Waals surface area (Å²) in [4.78, 5) is 23.8. The summed E-state index contributed by atoms with van der Waals surface area (Å²) in [5.41, 5.74) is 1.82. The molecule has 5 rings (SSSR count). The molecule has 1 atom stereocenters. The molecule has 8 nitrogen and oxygen atoms in total. The Morgan fingerprint density at radius 1 is 1.16 bits per heavy atom. The number of benzene rings is 1. The van der Waals surface area contributed by atoms with Crippen LogP contribution in [0.3, 0.4) is 0 Å². The maximum absolute atomic E-state index is 13.1. The van der Waals surface area contributed by atoms with E-state index in [4.69, 9.17) is 4.74 Å². The highest BCUT2D eigenvalue weighted by atomic mass is 16.5. The Hall–Kier alpha value is -2.52. The number of rotatable bonds is 8. The Bertz CT molecular complexity index is 1070. The van der Waals surface area contributed by atoms with Gasteiger partial charge in [0.15, 0.2) is 12.1 Å².